The van der Waals surface area contributed by atoms with Crippen molar-refractivity contribution in [3.8, 4) is 0 Å². The SMILES string of the molecule is C[C@H](NC(=O)[C@@H]1CC=CCC1)c1ccc(F)c(F)c1. The van der Waals surface area contributed by atoms with Gasteiger partial charge in [-0.15, -0.1) is 0 Å². The molecule has 1 aromatic rings. The topological polar surface area (TPSA) is 29.1 Å². The van der Waals surface area contributed by atoms with Gasteiger partial charge < -0.3 is 5.32 Å². The molecule has 0 aliphatic heterocycles. The van der Waals surface area contributed by atoms with Crippen molar-refractivity contribution in [1.82, 2.24) is 5.32 Å². The molecular weight excluding hydrogens is 248 g/mol. The number of amides is 1. The summed E-state index contributed by atoms with van der Waals surface area (Å²) in [6.07, 6.45) is 6.58. The molecule has 0 saturated heterocycles. The van der Waals surface area contributed by atoms with E-state index in [2.05, 4.69) is 11.4 Å². The summed E-state index contributed by atoms with van der Waals surface area (Å²) in [4.78, 5) is 12.0. The molecule has 2 atom stereocenters. The molecule has 0 fully saturated rings. The van der Waals surface area contributed by atoms with Crippen molar-refractivity contribution in [2.24, 2.45) is 5.92 Å². The number of rotatable bonds is 3. The van der Waals surface area contributed by atoms with Crippen LogP contribution in [0.5, 0.6) is 0 Å². The Morgan fingerprint density at radius 3 is 2.74 bits per heavy atom. The first-order valence-corrected chi connectivity index (χ1v) is 6.48. The predicted octanol–water partition coefficient (Wildman–Crippen LogP) is 3.50. The summed E-state index contributed by atoms with van der Waals surface area (Å²) in [5.74, 6) is -1.81. The third-order valence-electron chi connectivity index (χ3n) is 3.44. The second kappa shape index (κ2) is 5.95. The van der Waals surface area contributed by atoms with Gasteiger partial charge in [0.05, 0.1) is 6.04 Å². The van der Waals surface area contributed by atoms with Crippen LogP contribution in [-0.2, 0) is 4.79 Å². The van der Waals surface area contributed by atoms with E-state index in [0.717, 1.165) is 31.4 Å². The lowest BCUT2D eigenvalue weighted by Gasteiger charge is -2.21. The number of nitrogens with one attached hydrogen (secondary N) is 1. The molecular formula is C15H17F2NO. The predicted molar refractivity (Wildman–Crippen MR) is 69.4 cm³/mol. The van der Waals surface area contributed by atoms with Crippen molar-refractivity contribution in [2.75, 3.05) is 0 Å². The Labute approximate surface area is 111 Å². The van der Waals surface area contributed by atoms with Gasteiger partial charge in [-0.05, 0) is 43.9 Å². The minimum Gasteiger partial charge on any atom is -0.349 e. The number of hydrogen-bond acceptors (Lipinski definition) is 1. The minimum absolute atomic E-state index is 0.0160. The van der Waals surface area contributed by atoms with E-state index in [-0.39, 0.29) is 17.9 Å². The average Bonchev–Trinajstić information content (AvgIpc) is 2.42. The summed E-state index contributed by atoms with van der Waals surface area (Å²) in [5, 5.41) is 2.85. The second-order valence-electron chi connectivity index (χ2n) is 4.89. The maximum absolute atomic E-state index is 13.1. The van der Waals surface area contributed by atoms with Gasteiger partial charge in [0.2, 0.25) is 5.91 Å². The molecule has 102 valence electrons. The van der Waals surface area contributed by atoms with E-state index >= 15 is 0 Å². The Balaban J connectivity index is 1.99. The fourth-order valence-electron chi connectivity index (χ4n) is 2.23. The lowest BCUT2D eigenvalue weighted by atomic mass is 9.93. The van der Waals surface area contributed by atoms with Crippen LogP contribution in [0.3, 0.4) is 0 Å². The fraction of sp³-hybridized carbons (Fsp3) is 0.400. The van der Waals surface area contributed by atoms with Crippen LogP contribution >= 0.6 is 0 Å². The van der Waals surface area contributed by atoms with Gasteiger partial charge >= 0.3 is 0 Å². The highest BCUT2D eigenvalue weighted by molar-refractivity contribution is 5.79. The molecule has 1 aliphatic carbocycles. The highest BCUT2D eigenvalue weighted by atomic mass is 19.2. The first kappa shape index (κ1) is 13.7. The molecule has 2 nitrogen and oxygen atoms in total. The van der Waals surface area contributed by atoms with Crippen LogP contribution in [0.4, 0.5) is 8.78 Å². The summed E-state index contributed by atoms with van der Waals surface area (Å²) < 4.78 is 26.0. The summed E-state index contributed by atoms with van der Waals surface area (Å²) in [6, 6.07) is 3.37. The molecule has 19 heavy (non-hydrogen) atoms. The fourth-order valence-corrected chi connectivity index (χ4v) is 2.23. The smallest absolute Gasteiger partial charge is 0.223 e. The first-order chi connectivity index (χ1) is 9.08. The summed E-state index contributed by atoms with van der Waals surface area (Å²) in [6.45, 7) is 1.77. The molecule has 1 N–H and O–H groups in total. The molecule has 1 amide bonds. The molecule has 0 bridgehead atoms. The number of hydrogen-bond donors (Lipinski definition) is 1. The first-order valence-electron chi connectivity index (χ1n) is 6.48. The van der Waals surface area contributed by atoms with E-state index in [0.29, 0.717) is 5.56 Å². The van der Waals surface area contributed by atoms with Gasteiger partial charge in [0.1, 0.15) is 0 Å². The van der Waals surface area contributed by atoms with Gasteiger partial charge in [0.15, 0.2) is 11.6 Å². The van der Waals surface area contributed by atoms with Crippen molar-refractivity contribution in [3.63, 3.8) is 0 Å². The quantitative estimate of drug-likeness (QED) is 0.833. The number of halogens is 2. The summed E-state index contributed by atoms with van der Waals surface area (Å²) in [7, 11) is 0. The zero-order chi connectivity index (χ0) is 13.8. The molecule has 0 spiro atoms. The molecule has 1 aliphatic rings. The zero-order valence-electron chi connectivity index (χ0n) is 10.8. The van der Waals surface area contributed by atoms with Crippen LogP contribution in [0.15, 0.2) is 30.4 Å². The Bertz CT molecular complexity index is 499. The Morgan fingerprint density at radius 1 is 1.32 bits per heavy atom. The van der Waals surface area contributed by atoms with E-state index in [1.807, 2.05) is 6.08 Å². The largest absolute Gasteiger partial charge is 0.349 e. The van der Waals surface area contributed by atoms with Gasteiger partial charge in [0.25, 0.3) is 0 Å². The summed E-state index contributed by atoms with van der Waals surface area (Å²) in [5.41, 5.74) is 0.568. The van der Waals surface area contributed by atoms with Crippen molar-refractivity contribution in [3.05, 3.63) is 47.5 Å². The molecule has 1 aromatic carbocycles. The highest BCUT2D eigenvalue weighted by Gasteiger charge is 2.20. The highest BCUT2D eigenvalue weighted by Crippen LogP contribution is 2.21. The van der Waals surface area contributed by atoms with E-state index in [4.69, 9.17) is 0 Å². The van der Waals surface area contributed by atoms with Crippen LogP contribution in [0.2, 0.25) is 0 Å². The molecule has 0 radical (unpaired) electrons. The molecule has 2 rings (SSSR count). The number of carbonyl (C=O) groups is 1. The number of allylic oxidation sites excluding steroid dienone is 2. The second-order valence-corrected chi connectivity index (χ2v) is 4.89. The Kier molecular flexibility index (Phi) is 4.30. The molecule has 0 aromatic heterocycles. The van der Waals surface area contributed by atoms with E-state index < -0.39 is 11.6 Å². The Morgan fingerprint density at radius 2 is 2.11 bits per heavy atom. The average molecular weight is 265 g/mol. The third-order valence-corrected chi connectivity index (χ3v) is 3.44. The van der Waals surface area contributed by atoms with E-state index in [1.165, 1.54) is 6.07 Å². The van der Waals surface area contributed by atoms with Gasteiger partial charge in [0, 0.05) is 5.92 Å². The zero-order valence-corrected chi connectivity index (χ0v) is 10.8. The van der Waals surface area contributed by atoms with Crippen LogP contribution < -0.4 is 5.32 Å². The van der Waals surface area contributed by atoms with Crippen molar-refractivity contribution in [2.45, 2.75) is 32.2 Å². The van der Waals surface area contributed by atoms with Crippen LogP contribution in [-0.4, -0.2) is 5.91 Å². The lowest BCUT2D eigenvalue weighted by molar-refractivity contribution is -0.125. The van der Waals surface area contributed by atoms with Crippen molar-refractivity contribution in [1.29, 1.82) is 0 Å². The maximum atomic E-state index is 13.1. The standard InChI is InChI=1S/C15H17F2NO/c1-10(12-7-8-13(16)14(17)9-12)18-15(19)11-5-3-2-4-6-11/h2-3,7-11H,4-6H2,1H3,(H,18,19)/t10-,11+/m0/s1. The van der Waals surface area contributed by atoms with Crippen LogP contribution in [0, 0.1) is 17.6 Å². The normalized spacial score (nSPS) is 20.1. The maximum Gasteiger partial charge on any atom is 0.223 e. The molecule has 4 heteroatoms. The minimum atomic E-state index is -0.890. The van der Waals surface area contributed by atoms with Crippen molar-refractivity contribution >= 4 is 5.91 Å². The van der Waals surface area contributed by atoms with Gasteiger partial charge in [-0.2, -0.15) is 0 Å². The Hall–Kier alpha value is -1.71. The number of carbonyl (C=O) groups excluding carboxylic acids is 1. The third kappa shape index (κ3) is 3.40. The van der Waals surface area contributed by atoms with Crippen molar-refractivity contribution < 1.29 is 13.6 Å². The van der Waals surface area contributed by atoms with Gasteiger partial charge in [-0.3, -0.25) is 4.79 Å². The monoisotopic (exact) mass is 265 g/mol. The van der Waals surface area contributed by atoms with E-state index in [9.17, 15) is 13.6 Å². The molecule has 0 unspecified atom stereocenters. The van der Waals surface area contributed by atoms with Gasteiger partial charge in [-0.1, -0.05) is 18.2 Å². The lowest BCUT2D eigenvalue weighted by Crippen LogP contribution is -2.33. The molecule has 0 saturated carbocycles. The van der Waals surface area contributed by atoms with Crippen LogP contribution in [0.25, 0.3) is 0 Å². The van der Waals surface area contributed by atoms with Crippen LogP contribution in [0.1, 0.15) is 37.8 Å². The summed E-state index contributed by atoms with van der Waals surface area (Å²) >= 11 is 0. The van der Waals surface area contributed by atoms with E-state index in [1.54, 1.807) is 6.92 Å². The number of benzene rings is 1. The molecule has 0 heterocycles. The van der Waals surface area contributed by atoms with Gasteiger partial charge in [-0.25, -0.2) is 8.78 Å².